The van der Waals surface area contributed by atoms with Crippen LogP contribution in [-0.2, 0) is 0 Å². The minimum Gasteiger partial charge on any atom is -0.478 e. The Labute approximate surface area is 117 Å². The van der Waals surface area contributed by atoms with Gasteiger partial charge >= 0.3 is 5.97 Å². The van der Waals surface area contributed by atoms with Crippen molar-refractivity contribution in [1.29, 1.82) is 0 Å². The van der Waals surface area contributed by atoms with Gasteiger partial charge in [-0.15, -0.1) is 0 Å². The third kappa shape index (κ3) is 3.84. The molecule has 0 aliphatic carbocycles. The van der Waals surface area contributed by atoms with E-state index < -0.39 is 11.9 Å². The average Bonchev–Trinajstić information content (AvgIpc) is 2.38. The summed E-state index contributed by atoms with van der Waals surface area (Å²) in [6, 6.07) is 4.08. The average molecular weight is 272 g/mol. The lowest BCUT2D eigenvalue weighted by atomic mass is 10.1. The fourth-order valence-corrected chi connectivity index (χ4v) is 1.60. The first-order valence-electron chi connectivity index (χ1n) is 5.89. The number of carboxylic acid groups (broad SMARTS) is 1. The summed E-state index contributed by atoms with van der Waals surface area (Å²) in [5.41, 5.74) is 6.56. The van der Waals surface area contributed by atoms with Gasteiger partial charge in [-0.25, -0.2) is 4.79 Å². The van der Waals surface area contributed by atoms with Crippen LogP contribution in [0, 0.1) is 0 Å². The molecular formula is C15H16N2O3. The summed E-state index contributed by atoms with van der Waals surface area (Å²) in [6.45, 7) is 5.43. The van der Waals surface area contributed by atoms with E-state index in [2.05, 4.69) is 11.9 Å². The Hall–Kier alpha value is -2.82. The lowest BCUT2D eigenvalue weighted by molar-refractivity contribution is 0.0696. The van der Waals surface area contributed by atoms with Crippen LogP contribution < -0.4 is 11.1 Å². The number of rotatable bonds is 6. The van der Waals surface area contributed by atoms with E-state index >= 15 is 0 Å². The molecule has 0 unspecified atom stereocenters. The Balaban J connectivity index is 3.28. The molecule has 0 atom stereocenters. The molecule has 1 amide bonds. The highest BCUT2D eigenvalue weighted by atomic mass is 16.4. The molecule has 1 aromatic carbocycles. The first kappa shape index (κ1) is 15.2. The van der Waals surface area contributed by atoms with Crippen molar-refractivity contribution >= 4 is 17.6 Å². The number of benzene rings is 1. The number of carbonyl (C=O) groups excluding carboxylic acids is 1. The third-order valence-corrected chi connectivity index (χ3v) is 2.45. The van der Waals surface area contributed by atoms with E-state index in [1.165, 1.54) is 18.2 Å². The van der Waals surface area contributed by atoms with Crippen molar-refractivity contribution in [2.45, 2.75) is 6.92 Å². The summed E-state index contributed by atoms with van der Waals surface area (Å²) < 4.78 is 0. The lowest BCUT2D eigenvalue weighted by Gasteiger charge is -2.11. The van der Waals surface area contributed by atoms with Gasteiger partial charge in [-0.05, 0) is 37.3 Å². The van der Waals surface area contributed by atoms with Gasteiger partial charge < -0.3 is 16.2 Å². The molecule has 0 aromatic heterocycles. The molecule has 0 aliphatic rings. The van der Waals surface area contributed by atoms with Crippen molar-refractivity contribution in [2.75, 3.05) is 5.32 Å². The van der Waals surface area contributed by atoms with E-state index in [9.17, 15) is 9.59 Å². The predicted molar refractivity (Wildman–Crippen MR) is 78.6 cm³/mol. The summed E-state index contributed by atoms with van der Waals surface area (Å²) in [5, 5.41) is 12.0. The standard InChI is InChI=1S/C15H16N2O3/c1-3-5-11(6-4-2)17-13-9-10(15(19)20)7-8-12(13)14(16)18/h3-9,17H,1H2,2H3,(H2,16,18)(H,19,20)/b6-4-,11-5+. The van der Waals surface area contributed by atoms with Crippen LogP contribution in [0.15, 0.2) is 54.8 Å². The molecule has 0 radical (unpaired) electrons. The van der Waals surface area contributed by atoms with E-state index in [0.29, 0.717) is 11.4 Å². The number of nitrogens with one attached hydrogen (secondary N) is 1. The molecule has 104 valence electrons. The van der Waals surface area contributed by atoms with Gasteiger partial charge in [0, 0.05) is 5.70 Å². The molecule has 0 spiro atoms. The summed E-state index contributed by atoms with van der Waals surface area (Å²) in [7, 11) is 0. The van der Waals surface area contributed by atoms with Gasteiger partial charge in [0.1, 0.15) is 0 Å². The van der Waals surface area contributed by atoms with Gasteiger partial charge in [-0.1, -0.05) is 18.7 Å². The second kappa shape index (κ2) is 6.94. The Kier molecular flexibility index (Phi) is 5.29. The first-order chi connectivity index (χ1) is 9.49. The van der Waals surface area contributed by atoms with Crippen molar-refractivity contribution in [3.8, 4) is 0 Å². The van der Waals surface area contributed by atoms with Gasteiger partial charge in [0.25, 0.3) is 5.91 Å². The number of carboxylic acids is 1. The quantitative estimate of drug-likeness (QED) is 0.694. The highest BCUT2D eigenvalue weighted by Gasteiger charge is 2.12. The van der Waals surface area contributed by atoms with Crippen molar-refractivity contribution in [1.82, 2.24) is 0 Å². The SMILES string of the molecule is C=C/C=C(\C=C/C)Nc1cc(C(=O)O)ccc1C(N)=O. The summed E-state index contributed by atoms with van der Waals surface area (Å²) in [4.78, 5) is 22.4. The molecule has 5 heteroatoms. The van der Waals surface area contributed by atoms with Crippen LogP contribution in [0.3, 0.4) is 0 Å². The van der Waals surface area contributed by atoms with Crippen LogP contribution >= 0.6 is 0 Å². The molecule has 4 N–H and O–H groups in total. The number of amides is 1. The zero-order valence-electron chi connectivity index (χ0n) is 11.1. The van der Waals surface area contributed by atoms with E-state index in [1.807, 2.05) is 6.92 Å². The van der Waals surface area contributed by atoms with Crippen LogP contribution in [0.1, 0.15) is 27.6 Å². The Morgan fingerprint density at radius 3 is 2.60 bits per heavy atom. The Morgan fingerprint density at radius 1 is 1.40 bits per heavy atom. The highest BCUT2D eigenvalue weighted by molar-refractivity contribution is 6.01. The molecule has 0 heterocycles. The van der Waals surface area contributed by atoms with Gasteiger partial charge in [-0.3, -0.25) is 4.79 Å². The number of aromatic carboxylic acids is 1. The van der Waals surface area contributed by atoms with Crippen molar-refractivity contribution in [3.05, 3.63) is 65.9 Å². The van der Waals surface area contributed by atoms with Crippen LogP contribution in [-0.4, -0.2) is 17.0 Å². The predicted octanol–water partition coefficient (Wildman–Crippen LogP) is 2.54. The molecule has 0 fully saturated rings. The normalized spacial score (nSPS) is 11.3. The van der Waals surface area contributed by atoms with E-state index in [-0.39, 0.29) is 11.1 Å². The fraction of sp³-hybridized carbons (Fsp3) is 0.0667. The largest absolute Gasteiger partial charge is 0.478 e. The zero-order valence-corrected chi connectivity index (χ0v) is 11.1. The van der Waals surface area contributed by atoms with Gasteiger partial charge in [-0.2, -0.15) is 0 Å². The molecular weight excluding hydrogens is 256 g/mol. The first-order valence-corrected chi connectivity index (χ1v) is 5.89. The van der Waals surface area contributed by atoms with Crippen molar-refractivity contribution in [2.24, 2.45) is 5.73 Å². The van der Waals surface area contributed by atoms with Gasteiger partial charge in [0.15, 0.2) is 0 Å². The van der Waals surface area contributed by atoms with Crippen molar-refractivity contribution < 1.29 is 14.7 Å². The second-order valence-electron chi connectivity index (χ2n) is 3.91. The number of carbonyl (C=O) groups is 2. The van der Waals surface area contributed by atoms with Crippen LogP contribution in [0.4, 0.5) is 5.69 Å². The molecule has 1 aromatic rings. The number of hydrogen-bond donors (Lipinski definition) is 3. The molecule has 0 aliphatic heterocycles. The molecule has 0 saturated heterocycles. The Morgan fingerprint density at radius 2 is 2.10 bits per heavy atom. The maximum atomic E-state index is 11.4. The minimum absolute atomic E-state index is 0.0657. The monoisotopic (exact) mass is 272 g/mol. The number of hydrogen-bond acceptors (Lipinski definition) is 3. The smallest absolute Gasteiger partial charge is 0.335 e. The molecule has 1 rings (SSSR count). The van der Waals surface area contributed by atoms with Gasteiger partial charge in [0.2, 0.25) is 0 Å². The van der Waals surface area contributed by atoms with Crippen LogP contribution in [0.2, 0.25) is 0 Å². The second-order valence-corrected chi connectivity index (χ2v) is 3.91. The maximum Gasteiger partial charge on any atom is 0.335 e. The summed E-state index contributed by atoms with van der Waals surface area (Å²) in [6.07, 6.45) is 6.83. The zero-order chi connectivity index (χ0) is 15.1. The number of anilines is 1. The van der Waals surface area contributed by atoms with Crippen LogP contribution in [0.25, 0.3) is 0 Å². The summed E-state index contributed by atoms with van der Waals surface area (Å²) >= 11 is 0. The molecule has 20 heavy (non-hydrogen) atoms. The number of allylic oxidation sites excluding steroid dienone is 4. The maximum absolute atomic E-state index is 11.4. The number of nitrogens with two attached hydrogens (primary N) is 1. The van der Waals surface area contributed by atoms with Crippen molar-refractivity contribution in [3.63, 3.8) is 0 Å². The fourth-order valence-electron chi connectivity index (χ4n) is 1.60. The van der Waals surface area contributed by atoms with E-state index in [4.69, 9.17) is 10.8 Å². The molecule has 0 saturated carbocycles. The van der Waals surface area contributed by atoms with Crippen LogP contribution in [0.5, 0.6) is 0 Å². The Bertz CT molecular complexity index is 601. The lowest BCUT2D eigenvalue weighted by Crippen LogP contribution is -2.15. The molecule has 5 nitrogen and oxygen atoms in total. The minimum atomic E-state index is -1.08. The third-order valence-electron chi connectivity index (χ3n) is 2.45. The van der Waals surface area contributed by atoms with Gasteiger partial charge in [0.05, 0.1) is 16.8 Å². The van der Waals surface area contributed by atoms with E-state index in [0.717, 1.165) is 0 Å². The number of primary amides is 1. The topological polar surface area (TPSA) is 92.4 Å². The molecule has 0 bridgehead atoms. The summed E-state index contributed by atoms with van der Waals surface area (Å²) in [5.74, 6) is -1.72. The highest BCUT2D eigenvalue weighted by Crippen LogP contribution is 2.20. The van der Waals surface area contributed by atoms with E-state index in [1.54, 1.807) is 24.3 Å².